The molecule has 2 aliphatic heterocycles. The lowest BCUT2D eigenvalue weighted by Crippen LogP contribution is -2.72. The van der Waals surface area contributed by atoms with Crippen molar-refractivity contribution in [3.63, 3.8) is 0 Å². The van der Waals surface area contributed by atoms with Crippen molar-refractivity contribution in [2.24, 2.45) is 5.73 Å². The fourth-order valence-corrected chi connectivity index (χ4v) is 4.63. The smallest absolute Gasteiger partial charge is 0.327 e. The molecule has 0 bridgehead atoms. The van der Waals surface area contributed by atoms with Crippen molar-refractivity contribution in [1.29, 1.82) is 0 Å². The van der Waals surface area contributed by atoms with Crippen LogP contribution in [0.2, 0.25) is 0 Å². The molecule has 2 saturated heterocycles. The van der Waals surface area contributed by atoms with E-state index in [0.29, 0.717) is 12.8 Å². The summed E-state index contributed by atoms with van der Waals surface area (Å²) in [5.41, 5.74) is 5.05. The zero-order chi connectivity index (χ0) is 16.9. The van der Waals surface area contributed by atoms with Crippen LogP contribution in [0.5, 0.6) is 0 Å². The summed E-state index contributed by atoms with van der Waals surface area (Å²) in [6.07, 6.45) is 0.946. The highest BCUT2D eigenvalue weighted by Crippen LogP contribution is 2.50. The SMILES string of the molecule is CCC(N)(CC)C(=O)N[C@@H]1C(=O)N2[C@@H]1SC(C)(C)[C@@H]2C(=O)O. The summed E-state index contributed by atoms with van der Waals surface area (Å²) >= 11 is 1.40. The molecule has 2 amide bonds. The quantitative estimate of drug-likeness (QED) is 0.618. The third kappa shape index (κ3) is 2.38. The molecule has 2 rings (SSSR count). The number of nitrogens with one attached hydrogen (secondary N) is 1. The summed E-state index contributed by atoms with van der Waals surface area (Å²) in [5.74, 6) is -1.72. The molecule has 4 N–H and O–H groups in total. The van der Waals surface area contributed by atoms with E-state index in [0.717, 1.165) is 0 Å². The molecule has 0 aromatic carbocycles. The Morgan fingerprint density at radius 2 is 1.95 bits per heavy atom. The fraction of sp³-hybridized carbons (Fsp3) is 0.786. The zero-order valence-electron chi connectivity index (χ0n) is 13.3. The van der Waals surface area contributed by atoms with E-state index < -0.39 is 28.3 Å². The molecule has 0 spiro atoms. The van der Waals surface area contributed by atoms with Crippen LogP contribution in [0.25, 0.3) is 0 Å². The van der Waals surface area contributed by atoms with Gasteiger partial charge in [0.15, 0.2) is 0 Å². The number of nitrogens with two attached hydrogens (primary N) is 1. The van der Waals surface area contributed by atoms with Gasteiger partial charge in [0.25, 0.3) is 0 Å². The van der Waals surface area contributed by atoms with Gasteiger partial charge in [0.05, 0.1) is 5.54 Å². The van der Waals surface area contributed by atoms with Gasteiger partial charge in [-0.25, -0.2) is 4.79 Å². The predicted octanol–water partition coefficient (Wildman–Crippen LogP) is 0.136. The molecule has 22 heavy (non-hydrogen) atoms. The van der Waals surface area contributed by atoms with Crippen molar-refractivity contribution in [2.75, 3.05) is 0 Å². The van der Waals surface area contributed by atoms with Crippen LogP contribution in [0, 0.1) is 0 Å². The van der Waals surface area contributed by atoms with Gasteiger partial charge in [-0.05, 0) is 26.7 Å². The van der Waals surface area contributed by atoms with E-state index >= 15 is 0 Å². The van der Waals surface area contributed by atoms with Gasteiger partial charge in [-0.2, -0.15) is 0 Å². The fourth-order valence-electron chi connectivity index (χ4n) is 3.00. The van der Waals surface area contributed by atoms with Crippen molar-refractivity contribution in [3.8, 4) is 0 Å². The Morgan fingerprint density at radius 1 is 1.41 bits per heavy atom. The minimum absolute atomic E-state index is 0.342. The lowest BCUT2D eigenvalue weighted by molar-refractivity contribution is -0.161. The van der Waals surface area contributed by atoms with Crippen LogP contribution in [-0.2, 0) is 14.4 Å². The topological polar surface area (TPSA) is 113 Å². The number of carbonyl (C=O) groups excluding carboxylic acids is 2. The van der Waals surface area contributed by atoms with E-state index in [-0.39, 0.29) is 17.2 Å². The van der Waals surface area contributed by atoms with Crippen LogP contribution >= 0.6 is 11.8 Å². The number of nitrogens with zero attached hydrogens (tertiary/aromatic N) is 1. The molecule has 0 aromatic heterocycles. The Balaban J connectivity index is 2.14. The number of hydrogen-bond donors (Lipinski definition) is 3. The number of carboxylic acid groups (broad SMARTS) is 1. The first kappa shape index (κ1) is 17.1. The lowest BCUT2D eigenvalue weighted by Gasteiger charge is -2.44. The van der Waals surface area contributed by atoms with Gasteiger partial charge in [-0.15, -0.1) is 11.8 Å². The first-order valence-electron chi connectivity index (χ1n) is 7.41. The average molecular weight is 329 g/mol. The number of rotatable bonds is 5. The van der Waals surface area contributed by atoms with Crippen molar-refractivity contribution in [3.05, 3.63) is 0 Å². The van der Waals surface area contributed by atoms with E-state index in [4.69, 9.17) is 5.73 Å². The minimum Gasteiger partial charge on any atom is -0.480 e. The van der Waals surface area contributed by atoms with Gasteiger partial charge >= 0.3 is 5.97 Å². The monoisotopic (exact) mass is 329 g/mol. The van der Waals surface area contributed by atoms with Gasteiger partial charge in [0.1, 0.15) is 17.5 Å². The Bertz CT molecular complexity index is 518. The molecule has 2 fully saturated rings. The van der Waals surface area contributed by atoms with Crippen molar-refractivity contribution < 1.29 is 19.5 Å². The zero-order valence-corrected chi connectivity index (χ0v) is 14.1. The van der Waals surface area contributed by atoms with Crippen molar-refractivity contribution in [1.82, 2.24) is 10.2 Å². The number of thioether (sulfide) groups is 1. The predicted molar refractivity (Wildman–Crippen MR) is 83.2 cm³/mol. The van der Waals surface area contributed by atoms with Crippen LogP contribution in [-0.4, -0.2) is 55.5 Å². The standard InChI is InChI=1S/C14H23N3O4S/c1-5-14(15,6-2)12(21)16-7-9(18)17-8(11(19)20)13(3,4)22-10(7)17/h7-8,10H,5-6,15H2,1-4H3,(H,16,21)(H,19,20)/t7-,8+,10-/m1/s1. The summed E-state index contributed by atoms with van der Waals surface area (Å²) < 4.78 is -0.596. The molecular formula is C14H23N3O4S. The first-order chi connectivity index (χ1) is 10.1. The second-order valence-electron chi connectivity index (χ2n) is 6.41. The maximum absolute atomic E-state index is 12.3. The van der Waals surface area contributed by atoms with Gasteiger partial charge in [-0.1, -0.05) is 13.8 Å². The highest BCUT2D eigenvalue weighted by Gasteiger charge is 2.64. The molecule has 0 unspecified atom stereocenters. The van der Waals surface area contributed by atoms with Crippen LogP contribution in [0.1, 0.15) is 40.5 Å². The minimum atomic E-state index is -1.02. The van der Waals surface area contributed by atoms with Crippen LogP contribution < -0.4 is 11.1 Å². The Hall–Kier alpha value is -1.28. The summed E-state index contributed by atoms with van der Waals surface area (Å²) in [5, 5.41) is 11.7. The average Bonchev–Trinajstić information content (AvgIpc) is 2.71. The Morgan fingerprint density at radius 3 is 2.41 bits per heavy atom. The maximum atomic E-state index is 12.3. The number of amides is 2. The maximum Gasteiger partial charge on any atom is 0.327 e. The molecule has 0 radical (unpaired) electrons. The van der Waals surface area contributed by atoms with Gasteiger partial charge in [-0.3, -0.25) is 9.59 Å². The largest absolute Gasteiger partial charge is 0.480 e. The van der Waals surface area contributed by atoms with Crippen LogP contribution in [0.4, 0.5) is 0 Å². The van der Waals surface area contributed by atoms with E-state index in [2.05, 4.69) is 5.32 Å². The number of aliphatic carboxylic acids is 1. The highest BCUT2D eigenvalue weighted by atomic mass is 32.2. The molecule has 0 aliphatic carbocycles. The first-order valence-corrected chi connectivity index (χ1v) is 8.29. The van der Waals surface area contributed by atoms with Crippen LogP contribution in [0.3, 0.4) is 0 Å². The van der Waals surface area contributed by atoms with E-state index in [1.807, 2.05) is 13.8 Å². The van der Waals surface area contributed by atoms with E-state index in [1.165, 1.54) is 16.7 Å². The number of β-lactam (4-membered cyclic amide) rings is 1. The second-order valence-corrected chi connectivity index (χ2v) is 8.18. The van der Waals surface area contributed by atoms with Gasteiger partial charge in [0.2, 0.25) is 11.8 Å². The molecule has 3 atom stereocenters. The summed E-state index contributed by atoms with van der Waals surface area (Å²) in [6.45, 7) is 7.25. The summed E-state index contributed by atoms with van der Waals surface area (Å²) in [4.78, 5) is 37.4. The summed E-state index contributed by atoms with van der Waals surface area (Å²) in [7, 11) is 0. The number of fused-ring (bicyclic) bond motifs is 1. The summed E-state index contributed by atoms with van der Waals surface area (Å²) in [6, 6.07) is -1.56. The molecular weight excluding hydrogens is 306 g/mol. The number of hydrogen-bond acceptors (Lipinski definition) is 5. The van der Waals surface area contributed by atoms with Crippen molar-refractivity contribution in [2.45, 2.75) is 68.3 Å². The molecule has 2 heterocycles. The molecule has 8 heteroatoms. The Labute approximate surface area is 134 Å². The molecule has 7 nitrogen and oxygen atoms in total. The Kier molecular flexibility index (Phi) is 4.20. The number of carbonyl (C=O) groups is 3. The van der Waals surface area contributed by atoms with Crippen LogP contribution in [0.15, 0.2) is 0 Å². The third-order valence-corrected chi connectivity index (χ3v) is 6.25. The van der Waals surface area contributed by atoms with Crippen molar-refractivity contribution >= 4 is 29.5 Å². The number of carboxylic acids is 1. The van der Waals surface area contributed by atoms with Gasteiger partial charge in [0, 0.05) is 4.75 Å². The van der Waals surface area contributed by atoms with E-state index in [1.54, 1.807) is 13.8 Å². The normalized spacial score (nSPS) is 29.8. The van der Waals surface area contributed by atoms with E-state index in [9.17, 15) is 19.5 Å². The molecule has 0 aromatic rings. The van der Waals surface area contributed by atoms with Gasteiger partial charge < -0.3 is 21.1 Å². The molecule has 124 valence electrons. The third-order valence-electron chi connectivity index (χ3n) is 4.68. The second kappa shape index (κ2) is 5.42. The molecule has 2 aliphatic rings. The lowest BCUT2D eigenvalue weighted by atomic mass is 9.91. The molecule has 0 saturated carbocycles. The highest BCUT2D eigenvalue weighted by molar-refractivity contribution is 8.01.